The Kier molecular flexibility index (Phi) is 16.2. The second-order valence-electron chi connectivity index (χ2n) is 13.9. The van der Waals surface area contributed by atoms with E-state index in [1.54, 1.807) is 36.7 Å². The smallest absolute Gasteiger partial charge is 0.872 e. The Balaban J connectivity index is 0.00000541. The number of hydrogen-bond donors (Lipinski definition) is 0. The Hall–Kier alpha value is -4.17. The summed E-state index contributed by atoms with van der Waals surface area (Å²) in [6.45, 7) is 7.87. The molecule has 0 bridgehead atoms. The molecule has 0 radical (unpaired) electrons. The van der Waals surface area contributed by atoms with E-state index in [9.17, 15) is 10.2 Å². The summed E-state index contributed by atoms with van der Waals surface area (Å²) in [5.41, 5.74) is 2.85. The molecule has 2 heterocycles. The molecule has 4 aromatic carbocycles. The molecule has 0 saturated carbocycles. The Morgan fingerprint density at radius 1 is 0.547 bits per heavy atom. The van der Waals surface area contributed by atoms with Crippen LogP contribution in [0.4, 0.5) is 0 Å². The second-order valence-corrected chi connectivity index (χ2v) is 13.9. The predicted molar refractivity (Wildman–Crippen MR) is 206 cm³/mol. The molecule has 2 atom stereocenters. The first kappa shape index (κ1) is 40.0. The molecule has 282 valence electrons. The van der Waals surface area contributed by atoms with Crippen LogP contribution < -0.4 is 19.7 Å². The van der Waals surface area contributed by atoms with E-state index >= 15 is 0 Å². The van der Waals surface area contributed by atoms with Crippen molar-refractivity contribution in [3.8, 4) is 23.0 Å². The maximum Gasteiger partial charge on any atom is 2.00 e. The van der Waals surface area contributed by atoms with Crippen LogP contribution in [0, 0.1) is 0 Å². The van der Waals surface area contributed by atoms with Gasteiger partial charge >= 0.3 is 16.5 Å². The van der Waals surface area contributed by atoms with Crippen LogP contribution in [0.3, 0.4) is 0 Å². The van der Waals surface area contributed by atoms with Gasteiger partial charge in [-0.15, -0.1) is 0 Å². The third kappa shape index (κ3) is 12.5. The zero-order chi connectivity index (χ0) is 35.8. The van der Waals surface area contributed by atoms with E-state index in [0.29, 0.717) is 35.8 Å². The molecule has 0 aliphatic carbocycles. The first-order valence-corrected chi connectivity index (χ1v) is 19.1. The van der Waals surface area contributed by atoms with Gasteiger partial charge in [0.25, 0.3) is 0 Å². The van der Waals surface area contributed by atoms with Crippen molar-refractivity contribution in [3.63, 3.8) is 0 Å². The predicted octanol–water partition coefficient (Wildman–Crippen LogP) is 7.36. The molecule has 0 aromatic heterocycles. The fourth-order valence-electron chi connectivity index (χ4n) is 7.07. The van der Waals surface area contributed by atoms with E-state index in [1.807, 2.05) is 72.8 Å². The minimum Gasteiger partial charge on any atom is -0.872 e. The molecule has 2 aliphatic heterocycles. The molecule has 6 rings (SSSR count). The van der Waals surface area contributed by atoms with Crippen molar-refractivity contribution in [2.75, 3.05) is 52.5 Å². The monoisotopic (exact) mass is 758 g/mol. The molecular formula is C44H52N4NiO4. The van der Waals surface area contributed by atoms with E-state index in [2.05, 4.69) is 9.80 Å². The van der Waals surface area contributed by atoms with Crippen molar-refractivity contribution in [2.24, 2.45) is 9.98 Å². The van der Waals surface area contributed by atoms with Crippen LogP contribution in [-0.4, -0.2) is 74.7 Å². The van der Waals surface area contributed by atoms with Crippen molar-refractivity contribution >= 4 is 12.4 Å². The SMILES string of the molecule is [Ni+2].[O-]c1cc(OCCCN2CCCCC2)ccc1C=N[C@H](c1ccccc1)[C@@H](N=Cc1ccc(OCCCN2CCCCC2)cc1[O-])c1ccccc1. The van der Waals surface area contributed by atoms with Gasteiger partial charge in [-0.1, -0.05) is 97.1 Å². The van der Waals surface area contributed by atoms with Gasteiger partial charge in [-0.2, -0.15) is 0 Å². The third-order valence-corrected chi connectivity index (χ3v) is 9.97. The van der Waals surface area contributed by atoms with Crippen molar-refractivity contribution in [2.45, 2.75) is 63.5 Å². The van der Waals surface area contributed by atoms with Crippen molar-refractivity contribution in [1.82, 2.24) is 9.80 Å². The van der Waals surface area contributed by atoms with Crippen LogP contribution in [0.5, 0.6) is 23.0 Å². The van der Waals surface area contributed by atoms with Crippen LogP contribution >= 0.6 is 0 Å². The van der Waals surface area contributed by atoms with Gasteiger partial charge in [-0.05, 0) is 111 Å². The zero-order valence-electron chi connectivity index (χ0n) is 30.6. The fourth-order valence-corrected chi connectivity index (χ4v) is 7.07. The molecule has 0 unspecified atom stereocenters. The van der Waals surface area contributed by atoms with Gasteiger partial charge < -0.3 is 29.5 Å². The molecule has 9 heteroatoms. The zero-order valence-corrected chi connectivity index (χ0v) is 31.6. The number of nitrogens with zero attached hydrogens (tertiary/aromatic N) is 4. The summed E-state index contributed by atoms with van der Waals surface area (Å²) in [6, 6.07) is 29.3. The maximum absolute atomic E-state index is 13.2. The molecule has 0 N–H and O–H groups in total. The topological polar surface area (TPSA) is 95.8 Å². The summed E-state index contributed by atoms with van der Waals surface area (Å²) >= 11 is 0. The molecule has 2 saturated heterocycles. The van der Waals surface area contributed by atoms with Gasteiger partial charge in [-0.25, -0.2) is 0 Å². The Morgan fingerprint density at radius 2 is 0.943 bits per heavy atom. The average molecular weight is 760 g/mol. The van der Waals surface area contributed by atoms with Gasteiger partial charge in [0, 0.05) is 25.5 Å². The van der Waals surface area contributed by atoms with Crippen LogP contribution in [0.15, 0.2) is 107 Å². The van der Waals surface area contributed by atoms with Gasteiger partial charge in [0.05, 0.1) is 13.2 Å². The number of piperidine rings is 2. The summed E-state index contributed by atoms with van der Waals surface area (Å²) in [5, 5.41) is 26.4. The number of rotatable bonds is 17. The molecule has 4 aromatic rings. The number of likely N-dealkylation sites (tertiary alicyclic amines) is 2. The summed E-state index contributed by atoms with van der Waals surface area (Å²) < 4.78 is 11.9. The van der Waals surface area contributed by atoms with Gasteiger partial charge in [0.1, 0.15) is 23.6 Å². The second kappa shape index (κ2) is 21.5. The quantitative estimate of drug-likeness (QED) is 0.0635. The first-order valence-electron chi connectivity index (χ1n) is 19.1. The minimum absolute atomic E-state index is 0. The van der Waals surface area contributed by atoms with Crippen LogP contribution in [-0.2, 0) is 16.5 Å². The largest absolute Gasteiger partial charge is 2.00 e. The molecule has 0 spiro atoms. The number of aliphatic imine (C=N–C) groups is 2. The van der Waals surface area contributed by atoms with E-state index in [4.69, 9.17) is 19.5 Å². The van der Waals surface area contributed by atoms with Gasteiger partial charge in [-0.3, -0.25) is 9.98 Å². The van der Waals surface area contributed by atoms with Crippen molar-refractivity contribution < 1.29 is 36.2 Å². The van der Waals surface area contributed by atoms with Crippen LogP contribution in [0.1, 0.15) is 85.7 Å². The number of benzene rings is 4. The van der Waals surface area contributed by atoms with Crippen LogP contribution in [0.25, 0.3) is 0 Å². The van der Waals surface area contributed by atoms with Crippen molar-refractivity contribution in [3.05, 3.63) is 119 Å². The summed E-state index contributed by atoms with van der Waals surface area (Å²) in [4.78, 5) is 15.0. The third-order valence-electron chi connectivity index (χ3n) is 9.97. The van der Waals surface area contributed by atoms with E-state index in [-0.39, 0.29) is 28.0 Å². The van der Waals surface area contributed by atoms with E-state index in [1.165, 1.54) is 64.7 Å². The average Bonchev–Trinajstić information content (AvgIpc) is 3.19. The molecule has 0 amide bonds. The Bertz CT molecular complexity index is 1580. The van der Waals surface area contributed by atoms with Gasteiger partial charge in [0.15, 0.2) is 0 Å². The summed E-state index contributed by atoms with van der Waals surface area (Å²) in [7, 11) is 0. The van der Waals surface area contributed by atoms with Crippen LogP contribution in [0.2, 0.25) is 0 Å². The molecule has 8 nitrogen and oxygen atoms in total. The molecule has 53 heavy (non-hydrogen) atoms. The molecule has 2 aliphatic rings. The first-order chi connectivity index (χ1) is 25.6. The number of hydrogen-bond acceptors (Lipinski definition) is 8. The molecular weight excluding hydrogens is 707 g/mol. The summed E-state index contributed by atoms with van der Waals surface area (Å²) in [5.74, 6) is 0.867. The summed E-state index contributed by atoms with van der Waals surface area (Å²) in [6.07, 6.45) is 12.9. The van der Waals surface area contributed by atoms with Gasteiger partial charge in [0.2, 0.25) is 0 Å². The normalized spacial score (nSPS) is 16.7. The van der Waals surface area contributed by atoms with Crippen molar-refractivity contribution in [1.29, 1.82) is 0 Å². The van der Waals surface area contributed by atoms with E-state index < -0.39 is 12.1 Å². The Labute approximate surface area is 325 Å². The fraction of sp³-hybridized carbons (Fsp3) is 0.409. The standard InChI is InChI=1S/C44H54N4O4.Ni/c49-41-31-39(51-29-13-27-47-23-9-3-10-24-47)21-19-37(41)33-45-43(35-15-5-1-6-16-35)44(36-17-7-2-8-18-36)46-34-38-20-22-40(32-42(38)50)52-30-14-28-48-25-11-4-12-26-48;/h1-2,5-8,15-22,31-34,43-44,49-50H,3-4,9-14,23-30H2;/q;+2/p-2/t43-,44+;. The molecule has 2 fully saturated rings. The minimum atomic E-state index is -0.456. The maximum atomic E-state index is 13.2. The Morgan fingerprint density at radius 3 is 1.32 bits per heavy atom. The van der Waals surface area contributed by atoms with E-state index in [0.717, 1.165) is 37.1 Å². The number of ether oxygens (including phenoxy) is 2.